The largest absolute Gasteiger partial charge is 0.494 e. The summed E-state index contributed by atoms with van der Waals surface area (Å²) in [6, 6.07) is 7.22. The van der Waals surface area contributed by atoms with E-state index in [1.807, 2.05) is 31.4 Å². The van der Waals surface area contributed by atoms with Gasteiger partial charge in [0.05, 0.1) is 11.6 Å². The Balaban J connectivity index is 1.66. The van der Waals surface area contributed by atoms with Crippen molar-refractivity contribution in [3.8, 4) is 11.5 Å². The third-order valence-corrected chi connectivity index (χ3v) is 3.86. The number of aryl methyl sites for hydroxylation is 1. The number of carbonyl (C=O) groups excluding carboxylic acids is 1. The van der Waals surface area contributed by atoms with Gasteiger partial charge in [-0.3, -0.25) is 4.79 Å². The number of nitrogens with one attached hydrogen (secondary N) is 1. The Morgan fingerprint density at radius 3 is 2.50 bits per heavy atom. The monoisotopic (exact) mass is 320 g/mol. The number of aromatic nitrogens is 1. The van der Waals surface area contributed by atoms with Crippen molar-refractivity contribution < 1.29 is 14.3 Å². The molecule has 0 saturated heterocycles. The zero-order valence-corrected chi connectivity index (χ0v) is 13.6. The van der Waals surface area contributed by atoms with Crippen LogP contribution in [0.4, 0.5) is 0 Å². The molecule has 0 saturated carbocycles. The maximum atomic E-state index is 11.7. The number of amides is 1. The van der Waals surface area contributed by atoms with Crippen LogP contribution in [0.5, 0.6) is 11.5 Å². The first-order valence-electron chi connectivity index (χ1n) is 7.20. The topological polar surface area (TPSA) is 60.5 Å². The summed E-state index contributed by atoms with van der Waals surface area (Å²) in [7, 11) is 0. The molecule has 2 rings (SSSR count). The molecule has 0 aliphatic heterocycles. The fraction of sp³-hybridized carbons (Fsp3) is 0.375. The molecule has 1 amide bonds. The minimum absolute atomic E-state index is 0.00484. The molecule has 0 radical (unpaired) electrons. The summed E-state index contributed by atoms with van der Waals surface area (Å²) in [5.74, 6) is 1.30. The summed E-state index contributed by atoms with van der Waals surface area (Å²) in [4.78, 5) is 16.1. The Morgan fingerprint density at radius 2 is 1.91 bits per heavy atom. The van der Waals surface area contributed by atoms with Crippen LogP contribution in [0.2, 0.25) is 0 Å². The van der Waals surface area contributed by atoms with Crippen LogP contribution in [0.3, 0.4) is 0 Å². The predicted molar refractivity (Wildman–Crippen MR) is 86.7 cm³/mol. The molecule has 1 aromatic carbocycles. The van der Waals surface area contributed by atoms with Gasteiger partial charge in [0.25, 0.3) is 5.91 Å². The molecule has 0 atom stereocenters. The first kappa shape index (κ1) is 16.3. The Labute approximate surface area is 134 Å². The molecule has 0 bridgehead atoms. The van der Waals surface area contributed by atoms with Crippen LogP contribution < -0.4 is 14.8 Å². The van der Waals surface area contributed by atoms with E-state index < -0.39 is 0 Å². The van der Waals surface area contributed by atoms with Crippen LogP contribution in [0.1, 0.15) is 17.6 Å². The van der Waals surface area contributed by atoms with E-state index in [0.717, 1.165) is 22.9 Å². The van der Waals surface area contributed by atoms with Gasteiger partial charge < -0.3 is 14.8 Å². The molecule has 1 aromatic heterocycles. The van der Waals surface area contributed by atoms with Crippen molar-refractivity contribution in [3.05, 3.63) is 40.3 Å². The smallest absolute Gasteiger partial charge is 0.257 e. The molecule has 0 unspecified atom stereocenters. The van der Waals surface area contributed by atoms with E-state index in [-0.39, 0.29) is 12.5 Å². The molecular formula is C16H20N2O3S. The Morgan fingerprint density at radius 1 is 1.23 bits per heavy atom. The quantitative estimate of drug-likeness (QED) is 0.812. The minimum Gasteiger partial charge on any atom is -0.494 e. The molecule has 22 heavy (non-hydrogen) atoms. The van der Waals surface area contributed by atoms with Gasteiger partial charge in [0.1, 0.15) is 11.5 Å². The summed E-state index contributed by atoms with van der Waals surface area (Å²) in [6.07, 6.45) is 0.743. The van der Waals surface area contributed by atoms with Crippen molar-refractivity contribution >= 4 is 17.2 Å². The van der Waals surface area contributed by atoms with Crippen LogP contribution in [0.15, 0.2) is 29.6 Å². The molecule has 0 aliphatic carbocycles. The van der Waals surface area contributed by atoms with Crippen molar-refractivity contribution in [2.45, 2.75) is 20.3 Å². The SMILES string of the molecule is CCOc1ccc(OCC(=O)NCCc2nc(C)cs2)cc1. The Hall–Kier alpha value is -2.08. The van der Waals surface area contributed by atoms with Crippen LogP contribution in [0.25, 0.3) is 0 Å². The number of benzene rings is 1. The average molecular weight is 320 g/mol. The summed E-state index contributed by atoms with van der Waals surface area (Å²) in [5.41, 5.74) is 1.02. The van der Waals surface area contributed by atoms with E-state index in [2.05, 4.69) is 10.3 Å². The molecule has 0 fully saturated rings. The minimum atomic E-state index is -0.137. The zero-order valence-electron chi connectivity index (χ0n) is 12.8. The van der Waals surface area contributed by atoms with Crippen molar-refractivity contribution in [2.24, 2.45) is 0 Å². The van der Waals surface area contributed by atoms with E-state index >= 15 is 0 Å². The number of rotatable bonds is 8. The Bertz CT molecular complexity index is 596. The first-order chi connectivity index (χ1) is 10.7. The fourth-order valence-corrected chi connectivity index (χ4v) is 2.60. The van der Waals surface area contributed by atoms with E-state index in [1.54, 1.807) is 23.5 Å². The van der Waals surface area contributed by atoms with E-state index in [9.17, 15) is 4.79 Å². The van der Waals surface area contributed by atoms with Crippen molar-refractivity contribution in [1.82, 2.24) is 10.3 Å². The zero-order chi connectivity index (χ0) is 15.8. The lowest BCUT2D eigenvalue weighted by atomic mass is 10.3. The van der Waals surface area contributed by atoms with Gasteiger partial charge in [-0.15, -0.1) is 11.3 Å². The van der Waals surface area contributed by atoms with Crippen molar-refractivity contribution in [2.75, 3.05) is 19.8 Å². The summed E-state index contributed by atoms with van der Waals surface area (Å²) < 4.78 is 10.8. The summed E-state index contributed by atoms with van der Waals surface area (Å²) in [6.45, 7) is 5.09. The van der Waals surface area contributed by atoms with Crippen molar-refractivity contribution in [1.29, 1.82) is 0 Å². The summed E-state index contributed by atoms with van der Waals surface area (Å²) >= 11 is 1.61. The van der Waals surface area contributed by atoms with E-state index in [0.29, 0.717) is 18.9 Å². The average Bonchev–Trinajstić information content (AvgIpc) is 2.92. The van der Waals surface area contributed by atoms with Gasteiger partial charge in [-0.05, 0) is 38.1 Å². The fourth-order valence-electron chi connectivity index (χ4n) is 1.83. The lowest BCUT2D eigenvalue weighted by Crippen LogP contribution is -2.30. The second-order valence-corrected chi connectivity index (χ2v) is 5.62. The molecule has 1 N–H and O–H groups in total. The highest BCUT2D eigenvalue weighted by Gasteiger charge is 2.04. The normalized spacial score (nSPS) is 10.3. The molecule has 6 heteroatoms. The number of hydrogen-bond acceptors (Lipinski definition) is 5. The van der Waals surface area contributed by atoms with Crippen molar-refractivity contribution in [3.63, 3.8) is 0 Å². The molecule has 0 spiro atoms. The maximum Gasteiger partial charge on any atom is 0.257 e. The lowest BCUT2D eigenvalue weighted by Gasteiger charge is -2.08. The molecule has 5 nitrogen and oxygen atoms in total. The second-order valence-electron chi connectivity index (χ2n) is 4.68. The van der Waals surface area contributed by atoms with Gasteiger partial charge in [0, 0.05) is 24.0 Å². The highest BCUT2D eigenvalue weighted by Crippen LogP contribution is 2.17. The Kier molecular flexibility index (Phi) is 6.21. The van der Waals surface area contributed by atoms with Gasteiger partial charge in [-0.2, -0.15) is 0 Å². The standard InChI is InChI=1S/C16H20N2O3S/c1-3-20-13-4-6-14(7-5-13)21-10-15(19)17-9-8-16-18-12(2)11-22-16/h4-7,11H,3,8-10H2,1-2H3,(H,17,19). The van der Waals surface area contributed by atoms with Gasteiger partial charge in [0.2, 0.25) is 0 Å². The van der Waals surface area contributed by atoms with Gasteiger partial charge in [-0.1, -0.05) is 0 Å². The third kappa shape index (κ3) is 5.37. The predicted octanol–water partition coefficient (Wildman–Crippen LogP) is 2.59. The summed E-state index contributed by atoms with van der Waals surface area (Å²) in [5, 5.41) is 5.86. The molecule has 2 aromatic rings. The number of nitrogens with zero attached hydrogens (tertiary/aromatic N) is 1. The highest BCUT2D eigenvalue weighted by molar-refractivity contribution is 7.09. The maximum absolute atomic E-state index is 11.7. The van der Waals surface area contributed by atoms with E-state index in [1.165, 1.54) is 0 Å². The third-order valence-electron chi connectivity index (χ3n) is 2.83. The number of carbonyl (C=O) groups is 1. The molecule has 118 valence electrons. The first-order valence-corrected chi connectivity index (χ1v) is 8.08. The molecule has 0 aliphatic rings. The molecular weight excluding hydrogens is 300 g/mol. The lowest BCUT2D eigenvalue weighted by molar-refractivity contribution is -0.123. The van der Waals surface area contributed by atoms with E-state index in [4.69, 9.17) is 9.47 Å². The van der Waals surface area contributed by atoms with Gasteiger partial charge in [-0.25, -0.2) is 4.98 Å². The number of hydrogen-bond donors (Lipinski definition) is 1. The molecule has 1 heterocycles. The van der Waals surface area contributed by atoms with Crippen LogP contribution >= 0.6 is 11.3 Å². The van der Waals surface area contributed by atoms with Crippen LogP contribution in [-0.4, -0.2) is 30.6 Å². The van der Waals surface area contributed by atoms with Gasteiger partial charge in [0.15, 0.2) is 6.61 Å². The second kappa shape index (κ2) is 8.38. The van der Waals surface area contributed by atoms with Gasteiger partial charge >= 0.3 is 0 Å². The number of ether oxygens (including phenoxy) is 2. The highest BCUT2D eigenvalue weighted by atomic mass is 32.1. The van der Waals surface area contributed by atoms with Crippen LogP contribution in [0, 0.1) is 6.92 Å². The number of thiazole rings is 1. The van der Waals surface area contributed by atoms with Crippen LogP contribution in [-0.2, 0) is 11.2 Å².